The monoisotopic (exact) mass is 353 g/mol. The van der Waals surface area contributed by atoms with Crippen LogP contribution >= 0.6 is 24.8 Å². The highest BCUT2D eigenvalue weighted by atomic mass is 35.5. The maximum atomic E-state index is 12.7. The zero-order valence-corrected chi connectivity index (χ0v) is 14.9. The number of carbonyl (C=O) groups is 1. The predicted octanol–water partition coefficient (Wildman–Crippen LogP) is 1.42. The first-order valence-corrected chi connectivity index (χ1v) is 8.09. The standard InChI is InChI=1S/C15H27N3O2.2ClH/c1-11-9-17-7-3-2-4-12(17)10-18(11)15(19)14-6-5-13(8-16)20-14;;/h11-14H,2-10,16H2,1H3;2*1H/t11?,12?,13-,14+;;/m1../s1. The van der Waals surface area contributed by atoms with Crippen LogP contribution < -0.4 is 5.73 Å². The molecule has 0 aromatic rings. The van der Waals surface area contributed by atoms with Crippen molar-refractivity contribution in [3.63, 3.8) is 0 Å². The van der Waals surface area contributed by atoms with Crippen LogP contribution in [0.2, 0.25) is 0 Å². The Labute approximate surface area is 145 Å². The Bertz CT molecular complexity index is 373. The quantitative estimate of drug-likeness (QED) is 0.815. The Kier molecular flexibility index (Phi) is 7.89. The van der Waals surface area contributed by atoms with Gasteiger partial charge in [-0.3, -0.25) is 9.69 Å². The van der Waals surface area contributed by atoms with E-state index in [1.54, 1.807) is 0 Å². The Balaban J connectivity index is 0.00000121. The number of hydrogen-bond donors (Lipinski definition) is 1. The third-order valence-electron chi connectivity index (χ3n) is 5.12. The van der Waals surface area contributed by atoms with Crippen molar-refractivity contribution in [3.8, 4) is 0 Å². The molecule has 3 saturated heterocycles. The van der Waals surface area contributed by atoms with Gasteiger partial charge in [-0.2, -0.15) is 0 Å². The van der Waals surface area contributed by atoms with Crippen molar-refractivity contribution in [1.29, 1.82) is 0 Å². The summed E-state index contributed by atoms with van der Waals surface area (Å²) < 4.78 is 5.78. The van der Waals surface area contributed by atoms with Crippen LogP contribution in [-0.2, 0) is 9.53 Å². The van der Waals surface area contributed by atoms with Crippen molar-refractivity contribution in [2.24, 2.45) is 5.73 Å². The van der Waals surface area contributed by atoms with Gasteiger partial charge in [0.05, 0.1) is 6.10 Å². The first kappa shape index (κ1) is 20.0. The van der Waals surface area contributed by atoms with E-state index in [0.717, 1.165) is 25.9 Å². The summed E-state index contributed by atoms with van der Waals surface area (Å²) in [5.41, 5.74) is 5.63. The maximum absolute atomic E-state index is 12.7. The van der Waals surface area contributed by atoms with Gasteiger partial charge in [-0.25, -0.2) is 0 Å². The fraction of sp³-hybridized carbons (Fsp3) is 0.933. The molecule has 0 aliphatic carbocycles. The molecule has 3 fully saturated rings. The van der Waals surface area contributed by atoms with Gasteiger partial charge in [0.15, 0.2) is 0 Å². The van der Waals surface area contributed by atoms with Crippen molar-refractivity contribution in [2.45, 2.75) is 63.3 Å². The molecule has 3 aliphatic rings. The van der Waals surface area contributed by atoms with Crippen LogP contribution in [0.5, 0.6) is 0 Å². The van der Waals surface area contributed by atoms with E-state index in [0.29, 0.717) is 18.6 Å². The van der Waals surface area contributed by atoms with Gasteiger partial charge in [-0.05, 0) is 39.2 Å². The van der Waals surface area contributed by atoms with E-state index in [-0.39, 0.29) is 42.9 Å². The Morgan fingerprint density at radius 2 is 1.95 bits per heavy atom. The molecule has 0 bridgehead atoms. The van der Waals surface area contributed by atoms with Gasteiger partial charge in [-0.1, -0.05) is 6.42 Å². The van der Waals surface area contributed by atoms with Gasteiger partial charge in [0.2, 0.25) is 0 Å². The SMILES string of the molecule is CC1CN2CCCCC2CN1C(=O)[C@@H]1CC[C@H](CN)O1.Cl.Cl. The van der Waals surface area contributed by atoms with Gasteiger partial charge >= 0.3 is 0 Å². The second kappa shape index (κ2) is 8.69. The molecule has 3 rings (SSSR count). The zero-order chi connectivity index (χ0) is 14.1. The molecule has 0 aromatic carbocycles. The number of fused-ring (bicyclic) bond motifs is 1. The number of piperazine rings is 1. The van der Waals surface area contributed by atoms with E-state index in [4.69, 9.17) is 10.5 Å². The van der Waals surface area contributed by atoms with Crippen LogP contribution in [0, 0.1) is 0 Å². The average molecular weight is 354 g/mol. The average Bonchev–Trinajstić information content (AvgIpc) is 2.94. The molecule has 3 heterocycles. The number of rotatable bonds is 2. The first-order chi connectivity index (χ1) is 9.69. The molecule has 7 heteroatoms. The Hall–Kier alpha value is -0.0700. The highest BCUT2D eigenvalue weighted by molar-refractivity contribution is 5.85. The van der Waals surface area contributed by atoms with Crippen molar-refractivity contribution >= 4 is 30.7 Å². The lowest BCUT2D eigenvalue weighted by atomic mass is 9.96. The summed E-state index contributed by atoms with van der Waals surface area (Å²) in [7, 11) is 0. The minimum Gasteiger partial charge on any atom is -0.364 e. The topological polar surface area (TPSA) is 58.8 Å². The molecule has 1 amide bonds. The molecule has 22 heavy (non-hydrogen) atoms. The summed E-state index contributed by atoms with van der Waals surface area (Å²) in [6.07, 6.45) is 5.42. The van der Waals surface area contributed by atoms with E-state index >= 15 is 0 Å². The van der Waals surface area contributed by atoms with Crippen LogP contribution in [-0.4, -0.2) is 66.2 Å². The second-order valence-corrected chi connectivity index (χ2v) is 6.54. The summed E-state index contributed by atoms with van der Waals surface area (Å²) in [5, 5.41) is 0. The highest BCUT2D eigenvalue weighted by Crippen LogP contribution is 2.27. The molecule has 0 radical (unpaired) electrons. The van der Waals surface area contributed by atoms with Crippen molar-refractivity contribution in [2.75, 3.05) is 26.2 Å². The summed E-state index contributed by atoms with van der Waals surface area (Å²) in [5.74, 6) is 0.193. The van der Waals surface area contributed by atoms with Crippen LogP contribution in [0.15, 0.2) is 0 Å². The van der Waals surface area contributed by atoms with E-state index in [9.17, 15) is 4.79 Å². The van der Waals surface area contributed by atoms with Crippen LogP contribution in [0.1, 0.15) is 39.0 Å². The second-order valence-electron chi connectivity index (χ2n) is 6.54. The van der Waals surface area contributed by atoms with E-state index in [1.807, 2.05) is 0 Å². The number of carbonyl (C=O) groups excluding carboxylic acids is 1. The van der Waals surface area contributed by atoms with Gasteiger partial charge < -0.3 is 15.4 Å². The molecule has 2 unspecified atom stereocenters. The first-order valence-electron chi connectivity index (χ1n) is 8.09. The van der Waals surface area contributed by atoms with Gasteiger partial charge in [0, 0.05) is 31.7 Å². The van der Waals surface area contributed by atoms with E-state index in [1.165, 1.54) is 25.8 Å². The molecule has 4 atom stereocenters. The third kappa shape index (κ3) is 4.06. The molecule has 0 saturated carbocycles. The van der Waals surface area contributed by atoms with E-state index < -0.39 is 0 Å². The number of amides is 1. The zero-order valence-electron chi connectivity index (χ0n) is 13.3. The molecule has 5 nitrogen and oxygen atoms in total. The number of piperidine rings is 1. The number of hydrogen-bond acceptors (Lipinski definition) is 4. The summed E-state index contributed by atoms with van der Waals surface area (Å²) >= 11 is 0. The Morgan fingerprint density at radius 1 is 1.18 bits per heavy atom. The molecule has 0 spiro atoms. The number of nitrogens with zero attached hydrogens (tertiary/aromatic N) is 2. The lowest BCUT2D eigenvalue weighted by molar-refractivity contribution is -0.149. The fourth-order valence-electron chi connectivity index (χ4n) is 3.90. The summed E-state index contributed by atoms with van der Waals surface area (Å²) in [4.78, 5) is 17.3. The molecule has 130 valence electrons. The fourth-order valence-corrected chi connectivity index (χ4v) is 3.90. The summed E-state index contributed by atoms with van der Waals surface area (Å²) in [6.45, 7) is 5.79. The molecular weight excluding hydrogens is 325 g/mol. The Morgan fingerprint density at radius 3 is 2.64 bits per heavy atom. The number of halogens is 2. The third-order valence-corrected chi connectivity index (χ3v) is 5.12. The molecule has 3 aliphatic heterocycles. The maximum Gasteiger partial charge on any atom is 0.252 e. The van der Waals surface area contributed by atoms with Gasteiger partial charge in [-0.15, -0.1) is 24.8 Å². The molecule has 2 N–H and O–H groups in total. The van der Waals surface area contributed by atoms with Crippen molar-refractivity contribution < 1.29 is 9.53 Å². The van der Waals surface area contributed by atoms with Gasteiger partial charge in [0.25, 0.3) is 5.91 Å². The largest absolute Gasteiger partial charge is 0.364 e. The number of nitrogens with two attached hydrogens (primary N) is 1. The lowest BCUT2D eigenvalue weighted by Gasteiger charge is -2.48. The molecule has 0 aromatic heterocycles. The van der Waals surface area contributed by atoms with Crippen LogP contribution in [0.3, 0.4) is 0 Å². The van der Waals surface area contributed by atoms with Crippen LogP contribution in [0.4, 0.5) is 0 Å². The van der Waals surface area contributed by atoms with E-state index in [2.05, 4.69) is 16.7 Å². The van der Waals surface area contributed by atoms with Crippen LogP contribution in [0.25, 0.3) is 0 Å². The summed E-state index contributed by atoms with van der Waals surface area (Å²) in [6, 6.07) is 0.869. The smallest absolute Gasteiger partial charge is 0.252 e. The van der Waals surface area contributed by atoms with Gasteiger partial charge in [0.1, 0.15) is 6.10 Å². The van der Waals surface area contributed by atoms with Crippen molar-refractivity contribution in [1.82, 2.24) is 9.80 Å². The normalized spacial score (nSPS) is 35.3. The minimum absolute atomic E-state index is 0. The predicted molar refractivity (Wildman–Crippen MR) is 91.8 cm³/mol. The number of ether oxygens (including phenoxy) is 1. The van der Waals surface area contributed by atoms with Crippen molar-refractivity contribution in [3.05, 3.63) is 0 Å². The molecular formula is C15H29Cl2N3O2. The minimum atomic E-state index is -0.249. The highest BCUT2D eigenvalue weighted by Gasteiger charge is 2.39. The lowest BCUT2D eigenvalue weighted by Crippen LogP contribution is -2.61.